The van der Waals surface area contributed by atoms with E-state index >= 15 is 0 Å². The zero-order valence-corrected chi connectivity index (χ0v) is 17.1. The molecule has 0 aromatic heterocycles. The lowest BCUT2D eigenvalue weighted by Crippen LogP contribution is -2.46. The van der Waals surface area contributed by atoms with Crippen molar-refractivity contribution in [2.24, 2.45) is 5.92 Å². The van der Waals surface area contributed by atoms with E-state index < -0.39 is 10.0 Å². The fourth-order valence-electron chi connectivity index (χ4n) is 3.66. The van der Waals surface area contributed by atoms with Gasteiger partial charge in [0, 0.05) is 26.2 Å². The normalized spacial score (nSPS) is 18.0. The average Bonchev–Trinajstić information content (AvgIpc) is 2.74. The Bertz CT molecular complexity index is 828. The SMILES string of the molecule is CCS(=O)(=O)N1CCCC(C(=O)N(Cc2ccccc2)Cc2ccccc2)C1. The maximum Gasteiger partial charge on any atom is 0.227 e. The number of carbonyl (C=O) groups is 1. The molecule has 3 rings (SSSR count). The van der Waals surface area contributed by atoms with Crippen LogP contribution in [-0.2, 0) is 27.9 Å². The lowest BCUT2D eigenvalue weighted by Gasteiger charge is -2.34. The van der Waals surface area contributed by atoms with E-state index in [1.54, 1.807) is 6.92 Å². The van der Waals surface area contributed by atoms with Crippen molar-refractivity contribution < 1.29 is 13.2 Å². The maximum absolute atomic E-state index is 13.4. The van der Waals surface area contributed by atoms with Crippen LogP contribution in [0.4, 0.5) is 0 Å². The Morgan fingerprint density at radius 3 is 2.04 bits per heavy atom. The number of nitrogens with zero attached hydrogens (tertiary/aromatic N) is 2. The van der Waals surface area contributed by atoms with Crippen LogP contribution in [0.15, 0.2) is 60.7 Å². The third-order valence-corrected chi connectivity index (χ3v) is 7.08. The van der Waals surface area contributed by atoms with Gasteiger partial charge in [0.2, 0.25) is 15.9 Å². The molecule has 1 atom stereocenters. The molecule has 0 saturated carbocycles. The zero-order chi connectivity index (χ0) is 20.0. The molecule has 1 saturated heterocycles. The first-order chi connectivity index (χ1) is 13.5. The minimum Gasteiger partial charge on any atom is -0.334 e. The number of sulfonamides is 1. The largest absolute Gasteiger partial charge is 0.334 e. The molecule has 1 aliphatic heterocycles. The van der Waals surface area contributed by atoms with E-state index in [4.69, 9.17) is 0 Å². The summed E-state index contributed by atoms with van der Waals surface area (Å²) < 4.78 is 26.0. The molecule has 2 aromatic carbocycles. The van der Waals surface area contributed by atoms with Crippen molar-refractivity contribution in [3.8, 4) is 0 Å². The molecule has 1 amide bonds. The van der Waals surface area contributed by atoms with Gasteiger partial charge >= 0.3 is 0 Å². The highest BCUT2D eigenvalue weighted by atomic mass is 32.2. The van der Waals surface area contributed by atoms with E-state index in [1.165, 1.54) is 4.31 Å². The van der Waals surface area contributed by atoms with E-state index in [2.05, 4.69) is 0 Å². The van der Waals surface area contributed by atoms with Gasteiger partial charge in [-0.2, -0.15) is 0 Å². The van der Waals surface area contributed by atoms with E-state index in [9.17, 15) is 13.2 Å². The molecule has 0 radical (unpaired) electrons. The fraction of sp³-hybridized carbons (Fsp3) is 0.409. The standard InChI is InChI=1S/C22H28N2O3S/c1-2-28(26,27)24-15-9-14-21(18-24)22(25)23(16-19-10-5-3-6-11-19)17-20-12-7-4-8-13-20/h3-8,10-13,21H,2,9,14-18H2,1H3. The Morgan fingerprint density at radius 1 is 1.00 bits per heavy atom. The van der Waals surface area contributed by atoms with Crippen LogP contribution in [0.2, 0.25) is 0 Å². The summed E-state index contributed by atoms with van der Waals surface area (Å²) in [6.07, 6.45) is 1.45. The highest BCUT2D eigenvalue weighted by Gasteiger charge is 2.33. The minimum absolute atomic E-state index is 0.0312. The van der Waals surface area contributed by atoms with Crippen molar-refractivity contribution in [3.63, 3.8) is 0 Å². The van der Waals surface area contributed by atoms with Crippen molar-refractivity contribution in [3.05, 3.63) is 71.8 Å². The molecule has 28 heavy (non-hydrogen) atoms. The van der Waals surface area contributed by atoms with Gasteiger partial charge in [0.15, 0.2) is 0 Å². The van der Waals surface area contributed by atoms with Crippen LogP contribution in [0.25, 0.3) is 0 Å². The van der Waals surface area contributed by atoms with Crippen molar-refractivity contribution in [1.29, 1.82) is 0 Å². The Labute approximate surface area is 168 Å². The van der Waals surface area contributed by atoms with Gasteiger partial charge in [0.25, 0.3) is 0 Å². The molecule has 0 bridgehead atoms. The number of amides is 1. The van der Waals surface area contributed by atoms with Gasteiger partial charge in [0.05, 0.1) is 11.7 Å². The van der Waals surface area contributed by atoms with Crippen molar-refractivity contribution in [1.82, 2.24) is 9.21 Å². The van der Waals surface area contributed by atoms with Crippen LogP contribution >= 0.6 is 0 Å². The second-order valence-corrected chi connectivity index (χ2v) is 9.52. The number of benzene rings is 2. The average molecular weight is 401 g/mol. The van der Waals surface area contributed by atoms with E-state index in [0.29, 0.717) is 19.6 Å². The van der Waals surface area contributed by atoms with Gasteiger partial charge in [-0.05, 0) is 30.9 Å². The molecular weight excluding hydrogens is 372 g/mol. The second-order valence-electron chi connectivity index (χ2n) is 7.26. The number of hydrogen-bond acceptors (Lipinski definition) is 3. The van der Waals surface area contributed by atoms with Crippen LogP contribution in [-0.4, -0.2) is 42.4 Å². The first kappa shape index (κ1) is 20.6. The summed E-state index contributed by atoms with van der Waals surface area (Å²) in [4.78, 5) is 15.2. The van der Waals surface area contributed by atoms with Gasteiger partial charge in [-0.3, -0.25) is 4.79 Å². The summed E-state index contributed by atoms with van der Waals surface area (Å²) in [6, 6.07) is 19.9. The van der Waals surface area contributed by atoms with E-state index in [1.807, 2.05) is 65.6 Å². The predicted molar refractivity (Wildman–Crippen MR) is 111 cm³/mol. The summed E-state index contributed by atoms with van der Waals surface area (Å²) >= 11 is 0. The molecule has 6 heteroatoms. The molecular formula is C22H28N2O3S. The Kier molecular flexibility index (Phi) is 6.86. The number of piperidine rings is 1. The number of carbonyl (C=O) groups excluding carboxylic acids is 1. The molecule has 1 heterocycles. The molecule has 2 aromatic rings. The van der Waals surface area contributed by atoms with Crippen molar-refractivity contribution in [2.75, 3.05) is 18.8 Å². The first-order valence-corrected chi connectivity index (χ1v) is 11.4. The fourth-order valence-corrected chi connectivity index (χ4v) is 4.84. The smallest absolute Gasteiger partial charge is 0.227 e. The highest BCUT2D eigenvalue weighted by Crippen LogP contribution is 2.23. The van der Waals surface area contributed by atoms with Gasteiger partial charge in [-0.15, -0.1) is 0 Å². The summed E-state index contributed by atoms with van der Waals surface area (Å²) in [7, 11) is -3.27. The van der Waals surface area contributed by atoms with Crippen LogP contribution in [0.5, 0.6) is 0 Å². The molecule has 1 fully saturated rings. The maximum atomic E-state index is 13.4. The van der Waals surface area contributed by atoms with Gasteiger partial charge in [-0.25, -0.2) is 12.7 Å². The van der Waals surface area contributed by atoms with Gasteiger partial charge < -0.3 is 4.90 Å². The Balaban J connectivity index is 1.79. The van der Waals surface area contributed by atoms with Crippen LogP contribution < -0.4 is 0 Å². The number of hydrogen-bond donors (Lipinski definition) is 0. The lowest BCUT2D eigenvalue weighted by molar-refractivity contribution is -0.138. The third kappa shape index (κ3) is 5.20. The molecule has 0 aliphatic carbocycles. The summed E-state index contributed by atoms with van der Waals surface area (Å²) in [6.45, 7) is 3.49. The van der Waals surface area contributed by atoms with Gasteiger partial charge in [0.1, 0.15) is 0 Å². The van der Waals surface area contributed by atoms with Crippen LogP contribution in [0, 0.1) is 5.92 Å². The zero-order valence-electron chi connectivity index (χ0n) is 16.3. The summed E-state index contributed by atoms with van der Waals surface area (Å²) in [5, 5.41) is 0. The molecule has 0 N–H and O–H groups in total. The van der Waals surface area contributed by atoms with E-state index in [0.717, 1.165) is 24.0 Å². The van der Waals surface area contributed by atoms with E-state index in [-0.39, 0.29) is 24.1 Å². The molecule has 5 nitrogen and oxygen atoms in total. The monoisotopic (exact) mass is 400 g/mol. The summed E-state index contributed by atoms with van der Waals surface area (Å²) in [5.74, 6) is -0.183. The number of rotatable bonds is 7. The quantitative estimate of drug-likeness (QED) is 0.717. The highest BCUT2D eigenvalue weighted by molar-refractivity contribution is 7.89. The van der Waals surface area contributed by atoms with Crippen LogP contribution in [0.1, 0.15) is 30.9 Å². The Hall–Kier alpha value is -2.18. The van der Waals surface area contributed by atoms with Crippen molar-refractivity contribution >= 4 is 15.9 Å². The van der Waals surface area contributed by atoms with Crippen molar-refractivity contribution in [2.45, 2.75) is 32.9 Å². The van der Waals surface area contributed by atoms with Crippen LogP contribution in [0.3, 0.4) is 0 Å². The predicted octanol–water partition coefficient (Wildman–Crippen LogP) is 3.28. The lowest BCUT2D eigenvalue weighted by atomic mass is 9.97. The topological polar surface area (TPSA) is 57.7 Å². The first-order valence-electron chi connectivity index (χ1n) is 9.84. The minimum atomic E-state index is -3.27. The third-order valence-electron chi connectivity index (χ3n) is 5.24. The molecule has 1 aliphatic rings. The summed E-state index contributed by atoms with van der Waals surface area (Å²) in [5.41, 5.74) is 2.14. The molecule has 0 spiro atoms. The molecule has 1 unspecified atom stereocenters. The Morgan fingerprint density at radius 2 is 1.54 bits per heavy atom. The second kappa shape index (κ2) is 9.34. The molecule has 150 valence electrons. The van der Waals surface area contributed by atoms with Gasteiger partial charge in [-0.1, -0.05) is 60.7 Å².